The largest absolute Gasteiger partial charge is 0.478 e. The van der Waals surface area contributed by atoms with Crippen molar-refractivity contribution in [3.63, 3.8) is 0 Å². The van der Waals surface area contributed by atoms with E-state index in [2.05, 4.69) is 5.32 Å². The molecule has 0 amide bonds. The Morgan fingerprint density at radius 3 is 1.93 bits per heavy atom. The van der Waals surface area contributed by atoms with Crippen molar-refractivity contribution >= 4 is 11.9 Å². The van der Waals surface area contributed by atoms with Crippen molar-refractivity contribution in [1.29, 1.82) is 0 Å². The average Bonchev–Trinajstić information content (AvgIpc) is 2.17. The zero-order valence-electron chi connectivity index (χ0n) is 8.22. The van der Waals surface area contributed by atoms with Gasteiger partial charge in [0.2, 0.25) is 0 Å². The van der Waals surface area contributed by atoms with Gasteiger partial charge < -0.3 is 20.6 Å². The maximum absolute atomic E-state index is 9.55. The van der Waals surface area contributed by atoms with Crippen LogP contribution in [-0.2, 0) is 9.59 Å². The molecule has 0 aromatic rings. The number of hydrogen-bond donors (Lipinski definition) is 4. The van der Waals surface area contributed by atoms with Crippen LogP contribution in [0.3, 0.4) is 0 Å². The average molecular weight is 217 g/mol. The summed E-state index contributed by atoms with van der Waals surface area (Å²) in [5, 5.41) is 27.6. The van der Waals surface area contributed by atoms with Crippen molar-refractivity contribution in [3.05, 3.63) is 12.2 Å². The van der Waals surface area contributed by atoms with Crippen molar-refractivity contribution in [2.24, 2.45) is 0 Å². The van der Waals surface area contributed by atoms with Crippen LogP contribution in [0.2, 0.25) is 0 Å². The molecule has 1 atom stereocenters. The van der Waals surface area contributed by atoms with Gasteiger partial charge in [0, 0.05) is 18.7 Å². The first-order valence-corrected chi connectivity index (χ1v) is 4.55. The van der Waals surface area contributed by atoms with E-state index in [9.17, 15) is 9.59 Å². The summed E-state index contributed by atoms with van der Waals surface area (Å²) >= 11 is 0. The molecule has 0 bridgehead atoms. The topological polar surface area (TPSA) is 107 Å². The van der Waals surface area contributed by atoms with Crippen LogP contribution in [0.5, 0.6) is 0 Å². The Morgan fingerprint density at radius 2 is 1.73 bits per heavy atom. The van der Waals surface area contributed by atoms with E-state index in [4.69, 9.17) is 15.3 Å². The molecule has 1 heterocycles. The first kappa shape index (κ1) is 13.6. The highest BCUT2D eigenvalue weighted by molar-refractivity contribution is 5.89. The van der Waals surface area contributed by atoms with Gasteiger partial charge in [-0.1, -0.05) is 0 Å². The van der Waals surface area contributed by atoms with Gasteiger partial charge in [0.25, 0.3) is 0 Å². The fraction of sp³-hybridized carbons (Fsp3) is 0.556. The number of carboxylic acid groups (broad SMARTS) is 2. The maximum atomic E-state index is 9.55. The molecule has 0 aromatic carbocycles. The third-order valence-corrected chi connectivity index (χ3v) is 1.64. The maximum Gasteiger partial charge on any atom is 0.328 e. The van der Waals surface area contributed by atoms with Crippen molar-refractivity contribution in [2.75, 3.05) is 13.1 Å². The van der Waals surface area contributed by atoms with Gasteiger partial charge in [-0.2, -0.15) is 0 Å². The molecule has 1 aliphatic rings. The van der Waals surface area contributed by atoms with Crippen molar-refractivity contribution in [1.82, 2.24) is 5.32 Å². The number of hydrogen-bond acceptors (Lipinski definition) is 4. The first-order chi connectivity index (χ1) is 7.02. The molecule has 6 heteroatoms. The fourth-order valence-electron chi connectivity index (χ4n) is 0.976. The molecule has 1 rings (SSSR count). The summed E-state index contributed by atoms with van der Waals surface area (Å²) in [4.78, 5) is 19.1. The van der Waals surface area contributed by atoms with Crippen LogP contribution in [0.1, 0.15) is 12.8 Å². The Bertz CT molecular complexity index is 217. The third kappa shape index (κ3) is 10.5. The molecule has 15 heavy (non-hydrogen) atoms. The molecule has 6 nitrogen and oxygen atoms in total. The third-order valence-electron chi connectivity index (χ3n) is 1.64. The van der Waals surface area contributed by atoms with Crippen LogP contribution in [0.4, 0.5) is 0 Å². The van der Waals surface area contributed by atoms with E-state index in [1.807, 2.05) is 0 Å². The first-order valence-electron chi connectivity index (χ1n) is 4.55. The zero-order chi connectivity index (χ0) is 11.7. The molecule has 86 valence electrons. The molecular weight excluding hydrogens is 202 g/mol. The highest BCUT2D eigenvalue weighted by Gasteiger charge is 2.06. The second-order valence-corrected chi connectivity index (χ2v) is 3.01. The van der Waals surface area contributed by atoms with E-state index in [1.165, 1.54) is 0 Å². The molecule has 0 aliphatic carbocycles. The van der Waals surface area contributed by atoms with Gasteiger partial charge in [-0.15, -0.1) is 0 Å². The molecule has 1 unspecified atom stereocenters. The molecule has 0 saturated carbocycles. The van der Waals surface area contributed by atoms with Gasteiger partial charge in [-0.05, 0) is 19.4 Å². The van der Waals surface area contributed by atoms with Gasteiger partial charge >= 0.3 is 11.9 Å². The smallest absolute Gasteiger partial charge is 0.328 e. The van der Waals surface area contributed by atoms with Crippen LogP contribution in [0.15, 0.2) is 12.2 Å². The molecule has 1 fully saturated rings. The normalized spacial score (nSPS) is 20.5. The molecule has 0 radical (unpaired) electrons. The van der Waals surface area contributed by atoms with E-state index >= 15 is 0 Å². The van der Waals surface area contributed by atoms with Crippen molar-refractivity contribution in [2.45, 2.75) is 18.9 Å². The van der Waals surface area contributed by atoms with E-state index in [-0.39, 0.29) is 6.10 Å². The standard InChI is InChI=1S/C5H11NO.C4H4O4/c7-5-2-1-3-6-4-5;5-3(6)1-2-4(7)8/h5-7H,1-4H2;1-2H,(H,5,6)(H,7,8)/b;2-1+. The summed E-state index contributed by atoms with van der Waals surface area (Å²) in [5.74, 6) is -2.51. The Labute approximate surface area is 87.2 Å². The Hall–Kier alpha value is -1.40. The lowest BCUT2D eigenvalue weighted by molar-refractivity contribution is -0.134. The van der Waals surface area contributed by atoms with Gasteiger partial charge in [0.05, 0.1) is 6.10 Å². The van der Waals surface area contributed by atoms with Crippen molar-refractivity contribution in [3.8, 4) is 0 Å². The van der Waals surface area contributed by atoms with Gasteiger partial charge in [0.1, 0.15) is 0 Å². The number of piperidine rings is 1. The number of aliphatic hydroxyl groups is 1. The summed E-state index contributed by atoms with van der Waals surface area (Å²) in [7, 11) is 0. The van der Waals surface area contributed by atoms with E-state index < -0.39 is 11.9 Å². The lowest BCUT2D eigenvalue weighted by atomic mass is 10.1. The van der Waals surface area contributed by atoms with Crippen LogP contribution >= 0.6 is 0 Å². The minimum Gasteiger partial charge on any atom is -0.478 e. The lowest BCUT2D eigenvalue weighted by Gasteiger charge is -2.16. The van der Waals surface area contributed by atoms with Crippen LogP contribution < -0.4 is 5.32 Å². The number of aliphatic carboxylic acids is 2. The van der Waals surface area contributed by atoms with Gasteiger partial charge in [-0.3, -0.25) is 0 Å². The SMILES string of the molecule is O=C(O)/C=C/C(=O)O.OC1CCCNC1. The highest BCUT2D eigenvalue weighted by atomic mass is 16.4. The quantitative estimate of drug-likeness (QED) is 0.462. The Kier molecular flexibility index (Phi) is 7.21. The van der Waals surface area contributed by atoms with Gasteiger partial charge in [0.15, 0.2) is 0 Å². The van der Waals surface area contributed by atoms with Crippen LogP contribution in [-0.4, -0.2) is 46.5 Å². The second kappa shape index (κ2) is 7.95. The predicted molar refractivity (Wildman–Crippen MR) is 52.5 cm³/mol. The van der Waals surface area contributed by atoms with Crippen LogP contribution in [0.25, 0.3) is 0 Å². The molecule has 1 aliphatic heterocycles. The molecule has 1 saturated heterocycles. The molecule has 4 N–H and O–H groups in total. The summed E-state index contributed by atoms with van der Waals surface area (Å²) in [6.45, 7) is 1.87. The minimum absolute atomic E-state index is 0.0752. The summed E-state index contributed by atoms with van der Waals surface area (Å²) in [6.07, 6.45) is 3.15. The molecule has 0 aromatic heterocycles. The number of carbonyl (C=O) groups is 2. The summed E-state index contributed by atoms with van der Waals surface area (Å²) in [5.41, 5.74) is 0. The summed E-state index contributed by atoms with van der Waals surface area (Å²) in [6, 6.07) is 0. The number of rotatable bonds is 2. The lowest BCUT2D eigenvalue weighted by Crippen LogP contribution is -2.33. The Balaban J connectivity index is 0.000000262. The van der Waals surface area contributed by atoms with Gasteiger partial charge in [-0.25, -0.2) is 9.59 Å². The second-order valence-electron chi connectivity index (χ2n) is 3.01. The minimum atomic E-state index is -1.26. The highest BCUT2D eigenvalue weighted by Crippen LogP contribution is 1.98. The number of nitrogens with one attached hydrogen (secondary N) is 1. The number of aliphatic hydroxyl groups excluding tert-OH is 1. The predicted octanol–water partition coefficient (Wildman–Crippen LogP) is -0.558. The molecule has 0 spiro atoms. The van der Waals surface area contributed by atoms with Crippen LogP contribution in [0, 0.1) is 0 Å². The fourth-order valence-corrected chi connectivity index (χ4v) is 0.976. The van der Waals surface area contributed by atoms with E-state index in [0.29, 0.717) is 12.2 Å². The summed E-state index contributed by atoms with van der Waals surface area (Å²) < 4.78 is 0. The van der Waals surface area contributed by atoms with E-state index in [0.717, 1.165) is 25.9 Å². The Morgan fingerprint density at radius 1 is 1.20 bits per heavy atom. The van der Waals surface area contributed by atoms with E-state index in [1.54, 1.807) is 0 Å². The monoisotopic (exact) mass is 217 g/mol. The molecular formula is C9H15NO5. The van der Waals surface area contributed by atoms with Crippen molar-refractivity contribution < 1.29 is 24.9 Å². The number of β-amino-alcohol motifs (C(OH)–C–C–N with tert-alkyl or cyclic N) is 1. The zero-order valence-corrected chi connectivity index (χ0v) is 8.22. The number of carboxylic acids is 2.